The van der Waals surface area contributed by atoms with E-state index in [4.69, 9.17) is 0 Å². The molecule has 0 atom stereocenters. The third-order valence-electron chi connectivity index (χ3n) is 3.15. The molecule has 2 N–H and O–H groups in total. The van der Waals surface area contributed by atoms with Crippen LogP contribution >= 0.6 is 11.8 Å². The first-order valence-corrected chi connectivity index (χ1v) is 8.58. The number of rotatable bonds is 8. The minimum absolute atomic E-state index is 0.177. The van der Waals surface area contributed by atoms with Gasteiger partial charge in [0.1, 0.15) is 0 Å². The molecule has 16 heavy (non-hydrogen) atoms. The van der Waals surface area contributed by atoms with Crippen LogP contribution in [0.1, 0.15) is 25.7 Å². The maximum atomic E-state index is 11.7. The Balaban J connectivity index is 2.30. The van der Waals surface area contributed by atoms with E-state index in [0.29, 0.717) is 13.0 Å². The Morgan fingerprint density at radius 2 is 2.06 bits per heavy atom. The van der Waals surface area contributed by atoms with Gasteiger partial charge in [-0.15, -0.1) is 0 Å². The van der Waals surface area contributed by atoms with Gasteiger partial charge < -0.3 is 5.32 Å². The maximum absolute atomic E-state index is 11.7. The molecule has 0 heterocycles. The van der Waals surface area contributed by atoms with E-state index in [1.165, 1.54) is 6.42 Å². The SMILES string of the molecule is CNCCCS(=O)(=O)NCC1(SC)CCC1. The molecule has 0 saturated heterocycles. The number of sulfonamides is 1. The maximum Gasteiger partial charge on any atom is 0.211 e. The molecular formula is C10H22N2O2S2. The fourth-order valence-electron chi connectivity index (χ4n) is 1.78. The zero-order valence-electron chi connectivity index (χ0n) is 10.1. The molecule has 0 aliphatic heterocycles. The van der Waals surface area contributed by atoms with Crippen LogP contribution in [0.4, 0.5) is 0 Å². The second-order valence-corrected chi connectivity index (χ2v) is 7.54. The highest BCUT2D eigenvalue weighted by Crippen LogP contribution is 2.42. The van der Waals surface area contributed by atoms with Gasteiger partial charge in [-0.25, -0.2) is 13.1 Å². The summed E-state index contributed by atoms with van der Waals surface area (Å²) in [5.41, 5.74) is 0. The molecule has 0 aromatic heterocycles. The minimum atomic E-state index is -3.08. The van der Waals surface area contributed by atoms with Crippen LogP contribution in [0, 0.1) is 0 Å². The van der Waals surface area contributed by atoms with Gasteiger partial charge in [0.05, 0.1) is 5.75 Å². The zero-order chi connectivity index (χ0) is 12.1. The van der Waals surface area contributed by atoms with Crippen LogP contribution < -0.4 is 10.0 Å². The summed E-state index contributed by atoms with van der Waals surface area (Å²) in [7, 11) is -1.25. The summed E-state index contributed by atoms with van der Waals surface area (Å²) in [4.78, 5) is 0. The van der Waals surface area contributed by atoms with Crippen LogP contribution in [0.25, 0.3) is 0 Å². The monoisotopic (exact) mass is 266 g/mol. The van der Waals surface area contributed by atoms with E-state index in [2.05, 4.69) is 16.3 Å². The van der Waals surface area contributed by atoms with E-state index in [1.807, 2.05) is 7.05 Å². The van der Waals surface area contributed by atoms with Crippen molar-refractivity contribution in [3.05, 3.63) is 0 Å². The van der Waals surface area contributed by atoms with Crippen molar-refractivity contribution in [2.24, 2.45) is 0 Å². The minimum Gasteiger partial charge on any atom is -0.320 e. The van der Waals surface area contributed by atoms with Crippen LogP contribution in [-0.4, -0.2) is 45.3 Å². The van der Waals surface area contributed by atoms with Gasteiger partial charge in [-0.1, -0.05) is 6.42 Å². The van der Waals surface area contributed by atoms with Gasteiger partial charge in [0.2, 0.25) is 10.0 Å². The highest BCUT2D eigenvalue weighted by molar-refractivity contribution is 8.00. The molecule has 1 fully saturated rings. The van der Waals surface area contributed by atoms with Crippen molar-refractivity contribution < 1.29 is 8.42 Å². The molecule has 1 aliphatic rings. The van der Waals surface area contributed by atoms with Crippen LogP contribution in [0.2, 0.25) is 0 Å². The summed E-state index contributed by atoms with van der Waals surface area (Å²) >= 11 is 1.79. The van der Waals surface area contributed by atoms with Crippen molar-refractivity contribution in [1.29, 1.82) is 0 Å². The quantitative estimate of drug-likeness (QED) is 0.638. The second kappa shape index (κ2) is 6.23. The molecule has 6 heteroatoms. The van der Waals surface area contributed by atoms with Crippen LogP contribution in [0.15, 0.2) is 0 Å². The van der Waals surface area contributed by atoms with Crippen molar-refractivity contribution in [3.63, 3.8) is 0 Å². The number of nitrogens with one attached hydrogen (secondary N) is 2. The Bertz CT molecular complexity index is 294. The first-order valence-electron chi connectivity index (χ1n) is 5.71. The fourth-order valence-corrected chi connectivity index (χ4v) is 3.95. The summed E-state index contributed by atoms with van der Waals surface area (Å²) in [5, 5.41) is 2.95. The molecule has 0 aromatic carbocycles. The predicted molar refractivity (Wildman–Crippen MR) is 70.4 cm³/mol. The molecule has 0 radical (unpaired) electrons. The van der Waals surface area contributed by atoms with E-state index in [1.54, 1.807) is 11.8 Å². The summed E-state index contributed by atoms with van der Waals surface area (Å²) in [6.45, 7) is 1.34. The summed E-state index contributed by atoms with van der Waals surface area (Å²) in [5.74, 6) is 0.221. The normalized spacial score (nSPS) is 19.4. The first-order chi connectivity index (χ1) is 7.54. The van der Waals surface area contributed by atoms with Crippen molar-refractivity contribution in [1.82, 2.24) is 10.0 Å². The second-order valence-electron chi connectivity index (χ2n) is 4.34. The van der Waals surface area contributed by atoms with Crippen LogP contribution in [0.5, 0.6) is 0 Å². The number of hydrogen-bond acceptors (Lipinski definition) is 4. The molecule has 1 saturated carbocycles. The van der Waals surface area contributed by atoms with Gasteiger partial charge in [-0.3, -0.25) is 0 Å². The number of hydrogen-bond donors (Lipinski definition) is 2. The molecule has 0 aromatic rings. The Labute approximate surface area is 103 Å². The largest absolute Gasteiger partial charge is 0.320 e. The topological polar surface area (TPSA) is 58.2 Å². The highest BCUT2D eigenvalue weighted by atomic mass is 32.2. The molecule has 4 nitrogen and oxygen atoms in total. The Kier molecular flexibility index (Phi) is 5.56. The van der Waals surface area contributed by atoms with E-state index in [9.17, 15) is 8.42 Å². The summed E-state index contributed by atoms with van der Waals surface area (Å²) in [6.07, 6.45) is 6.22. The molecular weight excluding hydrogens is 244 g/mol. The third kappa shape index (κ3) is 4.24. The molecule has 0 bridgehead atoms. The van der Waals surface area contributed by atoms with Crippen molar-refractivity contribution in [3.8, 4) is 0 Å². The lowest BCUT2D eigenvalue weighted by molar-refractivity contribution is 0.361. The van der Waals surface area contributed by atoms with Crippen molar-refractivity contribution >= 4 is 21.8 Å². The molecule has 0 amide bonds. The Morgan fingerprint density at radius 3 is 2.50 bits per heavy atom. The van der Waals surface area contributed by atoms with Crippen LogP contribution in [0.3, 0.4) is 0 Å². The standard InChI is InChI=1S/C10H22N2O2S2/c1-11-7-4-8-16(13,14)12-9-10(15-2)5-3-6-10/h11-12H,3-9H2,1-2H3. The molecule has 0 unspecified atom stereocenters. The Hall–Kier alpha value is 0.220. The molecule has 0 spiro atoms. The molecule has 1 aliphatic carbocycles. The van der Waals surface area contributed by atoms with E-state index >= 15 is 0 Å². The Morgan fingerprint density at radius 1 is 1.38 bits per heavy atom. The van der Waals surface area contributed by atoms with Gasteiger partial charge in [-0.05, 0) is 39.1 Å². The average molecular weight is 266 g/mol. The van der Waals surface area contributed by atoms with Gasteiger partial charge in [-0.2, -0.15) is 11.8 Å². The molecule has 1 rings (SSSR count). The van der Waals surface area contributed by atoms with Gasteiger partial charge >= 0.3 is 0 Å². The van der Waals surface area contributed by atoms with Gasteiger partial charge in [0, 0.05) is 11.3 Å². The lowest BCUT2D eigenvalue weighted by atomic mass is 9.84. The van der Waals surface area contributed by atoms with Gasteiger partial charge in [0.15, 0.2) is 0 Å². The fraction of sp³-hybridized carbons (Fsp3) is 1.00. The lowest BCUT2D eigenvalue weighted by Gasteiger charge is -2.40. The lowest BCUT2D eigenvalue weighted by Crippen LogP contribution is -2.45. The third-order valence-corrected chi connectivity index (χ3v) is 5.98. The number of thioether (sulfide) groups is 1. The predicted octanol–water partition coefficient (Wildman–Crippen LogP) is 0.801. The van der Waals surface area contributed by atoms with Gasteiger partial charge in [0.25, 0.3) is 0 Å². The average Bonchev–Trinajstić information content (AvgIpc) is 2.17. The summed E-state index contributed by atoms with van der Waals surface area (Å²) in [6, 6.07) is 0. The highest BCUT2D eigenvalue weighted by Gasteiger charge is 2.36. The van der Waals surface area contributed by atoms with Crippen molar-refractivity contribution in [2.45, 2.75) is 30.4 Å². The zero-order valence-corrected chi connectivity index (χ0v) is 11.7. The molecule has 96 valence electrons. The van der Waals surface area contributed by atoms with E-state index < -0.39 is 10.0 Å². The van der Waals surface area contributed by atoms with Crippen molar-refractivity contribution in [2.75, 3.05) is 32.1 Å². The smallest absolute Gasteiger partial charge is 0.211 e. The van der Waals surface area contributed by atoms with E-state index in [0.717, 1.165) is 19.4 Å². The van der Waals surface area contributed by atoms with E-state index in [-0.39, 0.29) is 10.5 Å². The van der Waals surface area contributed by atoms with Crippen LogP contribution in [-0.2, 0) is 10.0 Å². The summed E-state index contributed by atoms with van der Waals surface area (Å²) < 4.78 is 26.2. The first kappa shape index (κ1) is 14.3.